The molecule has 18 heavy (non-hydrogen) atoms. The molecule has 0 aliphatic rings. The Kier molecular flexibility index (Phi) is 3.89. The van der Waals surface area contributed by atoms with Crippen molar-refractivity contribution in [2.75, 3.05) is 6.54 Å². The van der Waals surface area contributed by atoms with Gasteiger partial charge in [0.25, 0.3) is 0 Å². The van der Waals surface area contributed by atoms with Gasteiger partial charge in [-0.25, -0.2) is 0 Å². The second kappa shape index (κ2) is 5.42. The fourth-order valence-corrected chi connectivity index (χ4v) is 1.99. The number of aromatic nitrogens is 2. The first-order chi connectivity index (χ1) is 8.60. The summed E-state index contributed by atoms with van der Waals surface area (Å²) in [6, 6.07) is 5.68. The summed E-state index contributed by atoms with van der Waals surface area (Å²) in [4.78, 5) is 0. The number of nitrogens with zero attached hydrogens (tertiary/aromatic N) is 2. The number of hydrogen-bond donors (Lipinski definition) is 1. The summed E-state index contributed by atoms with van der Waals surface area (Å²) in [5, 5.41) is 4.71. The van der Waals surface area contributed by atoms with Crippen LogP contribution in [0.25, 0.3) is 0 Å². The molecule has 5 heteroatoms. The van der Waals surface area contributed by atoms with Crippen LogP contribution in [0.5, 0.6) is 5.75 Å². The molecule has 0 saturated heterocycles. The van der Waals surface area contributed by atoms with Crippen molar-refractivity contribution in [3.63, 3.8) is 0 Å². The maximum Gasteiger partial charge on any atom is 0.139 e. The van der Waals surface area contributed by atoms with E-state index in [1.807, 2.05) is 38.4 Å². The van der Waals surface area contributed by atoms with Crippen molar-refractivity contribution in [2.45, 2.75) is 13.0 Å². The van der Waals surface area contributed by atoms with Crippen molar-refractivity contribution < 1.29 is 4.74 Å². The lowest BCUT2D eigenvalue weighted by molar-refractivity contribution is 0.214. The first kappa shape index (κ1) is 12.9. The highest BCUT2D eigenvalue weighted by Crippen LogP contribution is 2.29. The minimum atomic E-state index is -0.237. The van der Waals surface area contributed by atoms with Gasteiger partial charge in [-0.2, -0.15) is 5.10 Å². The Labute approximate surface area is 111 Å². The summed E-state index contributed by atoms with van der Waals surface area (Å²) in [7, 11) is 1.86. The van der Waals surface area contributed by atoms with Crippen LogP contribution in [0, 0.1) is 6.92 Å². The van der Waals surface area contributed by atoms with Crippen LogP contribution in [-0.4, -0.2) is 16.3 Å². The summed E-state index contributed by atoms with van der Waals surface area (Å²) in [5.74, 6) is 0.640. The molecule has 0 aliphatic heterocycles. The number of ether oxygens (including phenoxy) is 1. The number of hydrogen-bond acceptors (Lipinski definition) is 3. The second-order valence-corrected chi connectivity index (χ2v) is 4.63. The number of halogens is 1. The van der Waals surface area contributed by atoms with Crippen LogP contribution in [0.4, 0.5) is 0 Å². The standard InChI is InChI=1S/C13H16ClN3O/c1-9-3-4-12(11(14)5-9)18-13(6-15)10-7-16-17(2)8-10/h3-5,7-8,13H,6,15H2,1-2H3. The van der Waals surface area contributed by atoms with Crippen LogP contribution in [0.1, 0.15) is 17.2 Å². The van der Waals surface area contributed by atoms with Crippen LogP contribution in [0.2, 0.25) is 5.02 Å². The van der Waals surface area contributed by atoms with Crippen molar-refractivity contribution in [3.05, 3.63) is 46.7 Å². The highest BCUT2D eigenvalue weighted by molar-refractivity contribution is 6.32. The molecule has 1 unspecified atom stereocenters. The zero-order valence-corrected chi connectivity index (χ0v) is 11.2. The summed E-state index contributed by atoms with van der Waals surface area (Å²) in [6.45, 7) is 2.35. The van der Waals surface area contributed by atoms with E-state index in [0.29, 0.717) is 17.3 Å². The van der Waals surface area contributed by atoms with E-state index in [-0.39, 0.29) is 6.10 Å². The van der Waals surface area contributed by atoms with Gasteiger partial charge in [0.1, 0.15) is 11.9 Å². The fourth-order valence-electron chi connectivity index (χ4n) is 1.71. The molecule has 0 radical (unpaired) electrons. The Morgan fingerprint density at radius 1 is 1.50 bits per heavy atom. The Balaban J connectivity index is 2.20. The molecule has 4 nitrogen and oxygen atoms in total. The lowest BCUT2D eigenvalue weighted by atomic mass is 10.2. The largest absolute Gasteiger partial charge is 0.483 e. The van der Waals surface area contributed by atoms with Crippen LogP contribution >= 0.6 is 11.6 Å². The zero-order chi connectivity index (χ0) is 13.1. The van der Waals surface area contributed by atoms with E-state index >= 15 is 0 Å². The van der Waals surface area contributed by atoms with Crippen LogP contribution in [0.3, 0.4) is 0 Å². The maximum atomic E-state index is 6.14. The Morgan fingerprint density at radius 2 is 2.28 bits per heavy atom. The molecule has 96 valence electrons. The van der Waals surface area contributed by atoms with E-state index in [4.69, 9.17) is 22.1 Å². The maximum absolute atomic E-state index is 6.14. The minimum absolute atomic E-state index is 0.237. The second-order valence-electron chi connectivity index (χ2n) is 4.22. The van der Waals surface area contributed by atoms with E-state index < -0.39 is 0 Å². The van der Waals surface area contributed by atoms with Gasteiger partial charge >= 0.3 is 0 Å². The number of benzene rings is 1. The quantitative estimate of drug-likeness (QED) is 0.924. The molecule has 2 aromatic rings. The monoisotopic (exact) mass is 265 g/mol. The molecule has 0 saturated carbocycles. The van der Waals surface area contributed by atoms with E-state index in [1.54, 1.807) is 10.9 Å². The molecular weight excluding hydrogens is 250 g/mol. The van der Waals surface area contributed by atoms with Crippen molar-refractivity contribution in [2.24, 2.45) is 12.8 Å². The van der Waals surface area contributed by atoms with E-state index in [1.165, 1.54) is 0 Å². The molecule has 1 atom stereocenters. The van der Waals surface area contributed by atoms with Crippen molar-refractivity contribution in [1.82, 2.24) is 9.78 Å². The summed E-state index contributed by atoms with van der Waals surface area (Å²) < 4.78 is 7.56. The third kappa shape index (κ3) is 2.83. The number of rotatable bonds is 4. The van der Waals surface area contributed by atoms with Gasteiger partial charge in [-0.3, -0.25) is 4.68 Å². The van der Waals surface area contributed by atoms with E-state index in [2.05, 4.69) is 5.10 Å². The van der Waals surface area contributed by atoms with Gasteiger partial charge in [-0.1, -0.05) is 17.7 Å². The van der Waals surface area contributed by atoms with Gasteiger partial charge in [0.15, 0.2) is 0 Å². The highest BCUT2D eigenvalue weighted by Gasteiger charge is 2.15. The molecule has 1 aromatic heterocycles. The Morgan fingerprint density at radius 3 is 2.83 bits per heavy atom. The van der Waals surface area contributed by atoms with Gasteiger partial charge in [0, 0.05) is 25.4 Å². The van der Waals surface area contributed by atoms with E-state index in [9.17, 15) is 0 Å². The van der Waals surface area contributed by atoms with Crippen molar-refractivity contribution in [3.8, 4) is 5.75 Å². The SMILES string of the molecule is Cc1ccc(OC(CN)c2cnn(C)c2)c(Cl)c1. The number of aryl methyl sites for hydroxylation is 2. The third-order valence-corrected chi connectivity index (χ3v) is 2.96. The van der Waals surface area contributed by atoms with Gasteiger partial charge in [0.05, 0.1) is 11.2 Å². The molecule has 2 rings (SSSR count). The average molecular weight is 266 g/mol. The third-order valence-electron chi connectivity index (χ3n) is 2.67. The summed E-state index contributed by atoms with van der Waals surface area (Å²) >= 11 is 6.14. The number of nitrogens with two attached hydrogens (primary N) is 1. The molecule has 1 heterocycles. The van der Waals surface area contributed by atoms with Crippen molar-refractivity contribution >= 4 is 11.6 Å². The van der Waals surface area contributed by atoms with Gasteiger partial charge in [-0.05, 0) is 24.6 Å². The molecule has 0 fully saturated rings. The van der Waals surface area contributed by atoms with Gasteiger partial charge in [0.2, 0.25) is 0 Å². The molecular formula is C13H16ClN3O. The first-order valence-corrected chi connectivity index (χ1v) is 6.09. The molecule has 0 bridgehead atoms. The summed E-state index contributed by atoms with van der Waals surface area (Å²) in [6.07, 6.45) is 3.40. The van der Waals surface area contributed by atoms with E-state index in [0.717, 1.165) is 11.1 Å². The predicted molar refractivity (Wildman–Crippen MR) is 71.8 cm³/mol. The zero-order valence-electron chi connectivity index (χ0n) is 10.4. The average Bonchev–Trinajstić information content (AvgIpc) is 2.75. The molecule has 1 aromatic carbocycles. The summed E-state index contributed by atoms with van der Waals surface area (Å²) in [5.41, 5.74) is 7.77. The van der Waals surface area contributed by atoms with Crippen LogP contribution in [-0.2, 0) is 7.05 Å². The van der Waals surface area contributed by atoms with Gasteiger partial charge in [-0.15, -0.1) is 0 Å². The molecule has 0 amide bonds. The molecule has 0 aliphatic carbocycles. The first-order valence-electron chi connectivity index (χ1n) is 5.71. The smallest absolute Gasteiger partial charge is 0.139 e. The lowest BCUT2D eigenvalue weighted by Crippen LogP contribution is -2.18. The highest BCUT2D eigenvalue weighted by atomic mass is 35.5. The Hall–Kier alpha value is -1.52. The van der Waals surface area contributed by atoms with Gasteiger partial charge < -0.3 is 10.5 Å². The van der Waals surface area contributed by atoms with Crippen LogP contribution < -0.4 is 10.5 Å². The lowest BCUT2D eigenvalue weighted by Gasteiger charge is -2.17. The Bertz CT molecular complexity index is 539. The normalized spacial score (nSPS) is 12.4. The molecule has 0 spiro atoms. The topological polar surface area (TPSA) is 53.1 Å². The fraction of sp³-hybridized carbons (Fsp3) is 0.308. The molecule has 2 N–H and O–H groups in total. The predicted octanol–water partition coefficient (Wildman–Crippen LogP) is 2.46. The van der Waals surface area contributed by atoms with Crippen LogP contribution in [0.15, 0.2) is 30.6 Å². The van der Waals surface area contributed by atoms with Crippen molar-refractivity contribution in [1.29, 1.82) is 0 Å². The minimum Gasteiger partial charge on any atom is -0.483 e.